The molecule has 1 fully saturated rings. The number of urea groups is 1. The number of rotatable bonds is 18. The lowest BCUT2D eigenvalue weighted by Crippen LogP contribution is -2.60. The van der Waals surface area contributed by atoms with E-state index < -0.39 is 41.6 Å². The molecular formula is C42H59N7O7. The second kappa shape index (κ2) is 20.1. The maximum Gasteiger partial charge on any atom is 0.407 e. The van der Waals surface area contributed by atoms with Gasteiger partial charge < -0.3 is 35.0 Å². The first-order valence-corrected chi connectivity index (χ1v) is 19.2. The summed E-state index contributed by atoms with van der Waals surface area (Å²) in [5.74, 6) is -0.464. The van der Waals surface area contributed by atoms with Gasteiger partial charge in [-0.25, -0.2) is 14.6 Å². The number of alkyl carbamates (subject to hydrolysis) is 1. The quantitative estimate of drug-likeness (QED) is 0.137. The monoisotopic (exact) mass is 773 g/mol. The standard InChI is InChI=1S/C42H59N7O7/c1-9-28(2)36(49-22-21-47(41(49)54)26-32-19-13-15-29(3)43-32)38(51)44-34(24-30-16-11-10-12-17-30)35(50)27-48(25-31-18-14-20-33(23-31)55-7)46-39(52)37(42(4,5)6)45-40(53)56-8/h10-20,23,28,34-37,50H,9,21-22,24-27H2,1-8H3,(H,44,51)(H,45,53)(H,46,52). The Labute approximate surface area is 330 Å². The maximum atomic E-state index is 14.5. The summed E-state index contributed by atoms with van der Waals surface area (Å²) in [5.41, 5.74) is 5.51. The Balaban J connectivity index is 1.62. The fourth-order valence-corrected chi connectivity index (χ4v) is 6.81. The first-order valence-electron chi connectivity index (χ1n) is 19.2. The van der Waals surface area contributed by atoms with E-state index in [-0.39, 0.29) is 37.4 Å². The molecule has 14 heteroatoms. The molecule has 56 heavy (non-hydrogen) atoms. The van der Waals surface area contributed by atoms with E-state index in [1.165, 1.54) is 7.11 Å². The molecule has 1 aromatic heterocycles. The molecule has 0 radical (unpaired) electrons. The average Bonchev–Trinajstić information content (AvgIpc) is 3.51. The Bertz CT molecular complexity index is 1770. The summed E-state index contributed by atoms with van der Waals surface area (Å²) in [6.45, 7) is 12.5. The Morgan fingerprint density at radius 3 is 2.29 bits per heavy atom. The predicted octanol–water partition coefficient (Wildman–Crippen LogP) is 4.44. The molecule has 4 rings (SSSR count). The van der Waals surface area contributed by atoms with Gasteiger partial charge in [0.1, 0.15) is 17.8 Å². The van der Waals surface area contributed by atoms with Crippen LogP contribution in [0.25, 0.3) is 0 Å². The number of hydrogen-bond acceptors (Lipinski definition) is 9. The number of carbonyl (C=O) groups excluding carboxylic acids is 4. The normalized spacial score (nSPS) is 15.8. The summed E-state index contributed by atoms with van der Waals surface area (Å²) in [6, 6.07) is 19.7. The molecule has 0 bridgehead atoms. The summed E-state index contributed by atoms with van der Waals surface area (Å²) < 4.78 is 10.2. The van der Waals surface area contributed by atoms with E-state index in [9.17, 15) is 24.3 Å². The summed E-state index contributed by atoms with van der Waals surface area (Å²) >= 11 is 0. The molecule has 1 saturated heterocycles. The summed E-state index contributed by atoms with van der Waals surface area (Å²) in [7, 11) is 2.79. The van der Waals surface area contributed by atoms with Crippen molar-refractivity contribution < 1.29 is 33.8 Å². The van der Waals surface area contributed by atoms with Crippen LogP contribution in [0.3, 0.4) is 0 Å². The molecule has 2 heterocycles. The SMILES string of the molecule is CCC(C)C(C(=O)NC(Cc1ccccc1)C(O)CN(Cc1cccc(OC)c1)NC(=O)C(NC(=O)OC)C(C)(C)C)N1CCN(Cc2cccc(C)n2)C1=O. The molecule has 0 aliphatic carbocycles. The van der Waals surface area contributed by atoms with Crippen LogP contribution in [0.5, 0.6) is 5.75 Å². The first-order chi connectivity index (χ1) is 26.6. The van der Waals surface area contributed by atoms with E-state index in [0.717, 1.165) is 22.5 Å². The molecule has 0 saturated carbocycles. The van der Waals surface area contributed by atoms with Crippen molar-refractivity contribution in [2.75, 3.05) is 33.9 Å². The van der Waals surface area contributed by atoms with E-state index >= 15 is 0 Å². The van der Waals surface area contributed by atoms with Gasteiger partial charge in [-0.2, -0.15) is 0 Å². The number of aliphatic hydroxyl groups excluding tert-OH is 1. The Kier molecular flexibility index (Phi) is 15.6. The molecule has 14 nitrogen and oxygen atoms in total. The van der Waals surface area contributed by atoms with Crippen LogP contribution < -0.4 is 20.8 Å². The number of pyridine rings is 1. The molecular weight excluding hydrogens is 715 g/mol. The van der Waals surface area contributed by atoms with Crippen molar-refractivity contribution in [1.29, 1.82) is 0 Å². The van der Waals surface area contributed by atoms with Gasteiger partial charge >= 0.3 is 12.1 Å². The first kappa shape index (κ1) is 43.5. The Morgan fingerprint density at radius 2 is 1.64 bits per heavy atom. The van der Waals surface area contributed by atoms with Crippen molar-refractivity contribution in [2.24, 2.45) is 11.3 Å². The second-order valence-electron chi connectivity index (χ2n) is 15.5. The van der Waals surface area contributed by atoms with Crippen LogP contribution >= 0.6 is 0 Å². The minimum absolute atomic E-state index is 0.107. The number of hydrogen-bond donors (Lipinski definition) is 4. The van der Waals surface area contributed by atoms with Gasteiger partial charge in [-0.05, 0) is 60.1 Å². The summed E-state index contributed by atoms with van der Waals surface area (Å²) in [6.07, 6.45) is -1.05. The molecule has 1 aliphatic heterocycles. The van der Waals surface area contributed by atoms with Gasteiger partial charge in [0, 0.05) is 31.9 Å². The zero-order chi connectivity index (χ0) is 41.0. The number of amides is 5. The zero-order valence-corrected chi connectivity index (χ0v) is 34.0. The molecule has 0 spiro atoms. The number of methoxy groups -OCH3 is 2. The molecule has 3 aromatic rings. The van der Waals surface area contributed by atoms with Crippen LogP contribution in [-0.4, -0.2) is 107 Å². The largest absolute Gasteiger partial charge is 0.497 e. The summed E-state index contributed by atoms with van der Waals surface area (Å²) in [4.78, 5) is 62.3. The molecule has 304 valence electrons. The number of aliphatic hydroxyl groups is 1. The van der Waals surface area contributed by atoms with Crippen LogP contribution in [-0.2, 0) is 33.8 Å². The zero-order valence-electron chi connectivity index (χ0n) is 34.0. The Morgan fingerprint density at radius 1 is 0.946 bits per heavy atom. The lowest BCUT2D eigenvalue weighted by molar-refractivity contribution is -0.132. The smallest absolute Gasteiger partial charge is 0.407 e. The van der Waals surface area contributed by atoms with Gasteiger partial charge in [-0.1, -0.05) is 89.6 Å². The van der Waals surface area contributed by atoms with Crippen LogP contribution in [0.2, 0.25) is 0 Å². The van der Waals surface area contributed by atoms with Crippen LogP contribution in [0.1, 0.15) is 63.6 Å². The molecule has 4 N–H and O–H groups in total. The van der Waals surface area contributed by atoms with Crippen molar-refractivity contribution in [3.63, 3.8) is 0 Å². The summed E-state index contributed by atoms with van der Waals surface area (Å²) in [5, 5.41) is 19.4. The van der Waals surface area contributed by atoms with Crippen molar-refractivity contribution in [1.82, 2.24) is 35.9 Å². The average molecular weight is 774 g/mol. The van der Waals surface area contributed by atoms with Crippen molar-refractivity contribution in [3.05, 3.63) is 95.3 Å². The van der Waals surface area contributed by atoms with Gasteiger partial charge in [0.05, 0.1) is 38.6 Å². The van der Waals surface area contributed by atoms with Crippen molar-refractivity contribution in [2.45, 2.75) is 91.7 Å². The number of aromatic nitrogens is 1. The van der Waals surface area contributed by atoms with Gasteiger partial charge in [0.25, 0.3) is 5.91 Å². The fourth-order valence-electron chi connectivity index (χ4n) is 6.81. The Hall–Kier alpha value is -5.21. The highest BCUT2D eigenvalue weighted by Gasteiger charge is 2.41. The fraction of sp³-hybridized carbons (Fsp3) is 0.500. The van der Waals surface area contributed by atoms with E-state index in [4.69, 9.17) is 9.47 Å². The minimum atomic E-state index is -1.21. The number of nitrogens with zero attached hydrogens (tertiary/aromatic N) is 4. The van der Waals surface area contributed by atoms with Crippen molar-refractivity contribution in [3.8, 4) is 5.75 Å². The third kappa shape index (κ3) is 12.1. The molecule has 5 unspecified atom stereocenters. The number of ether oxygens (including phenoxy) is 2. The topological polar surface area (TPSA) is 166 Å². The van der Waals surface area contributed by atoms with Crippen LogP contribution in [0, 0.1) is 18.3 Å². The number of carbonyl (C=O) groups is 4. The van der Waals surface area contributed by atoms with E-state index in [1.807, 2.05) is 108 Å². The lowest BCUT2D eigenvalue weighted by atomic mass is 9.86. The van der Waals surface area contributed by atoms with Crippen LogP contribution in [0.4, 0.5) is 9.59 Å². The van der Waals surface area contributed by atoms with Crippen LogP contribution in [0.15, 0.2) is 72.8 Å². The minimum Gasteiger partial charge on any atom is -0.497 e. The lowest BCUT2D eigenvalue weighted by Gasteiger charge is -2.36. The van der Waals surface area contributed by atoms with Gasteiger partial charge in [-0.3, -0.25) is 20.0 Å². The highest BCUT2D eigenvalue weighted by Crippen LogP contribution is 2.24. The highest BCUT2D eigenvalue weighted by atomic mass is 16.5. The molecule has 2 aromatic carbocycles. The van der Waals surface area contributed by atoms with Crippen molar-refractivity contribution >= 4 is 23.9 Å². The second-order valence-corrected chi connectivity index (χ2v) is 15.5. The molecule has 5 atom stereocenters. The van der Waals surface area contributed by atoms with E-state index in [2.05, 4.69) is 21.0 Å². The number of hydrazine groups is 1. The number of benzene rings is 2. The maximum absolute atomic E-state index is 14.5. The number of nitrogens with one attached hydrogen (secondary N) is 3. The predicted molar refractivity (Wildman–Crippen MR) is 213 cm³/mol. The number of aryl methyl sites for hydroxylation is 1. The van der Waals surface area contributed by atoms with E-state index in [0.29, 0.717) is 31.8 Å². The van der Waals surface area contributed by atoms with Gasteiger partial charge in [0.2, 0.25) is 5.91 Å². The molecule has 1 aliphatic rings. The van der Waals surface area contributed by atoms with Gasteiger partial charge in [0.15, 0.2) is 0 Å². The van der Waals surface area contributed by atoms with E-state index in [1.54, 1.807) is 28.0 Å². The third-order valence-electron chi connectivity index (χ3n) is 10.1. The third-order valence-corrected chi connectivity index (χ3v) is 10.1. The van der Waals surface area contributed by atoms with Gasteiger partial charge in [-0.15, -0.1) is 0 Å². The highest BCUT2D eigenvalue weighted by molar-refractivity contribution is 5.88. The molecule has 5 amide bonds.